The summed E-state index contributed by atoms with van der Waals surface area (Å²) in [6.45, 7) is 0. The highest BCUT2D eigenvalue weighted by Gasteiger charge is 2.30. The van der Waals surface area contributed by atoms with Crippen molar-refractivity contribution in [2.45, 2.75) is 24.8 Å². The minimum absolute atomic E-state index is 0.537. The van der Waals surface area contributed by atoms with Crippen molar-refractivity contribution in [2.24, 2.45) is 0 Å². The Morgan fingerprint density at radius 1 is 1.10 bits per heavy atom. The van der Waals surface area contributed by atoms with Crippen molar-refractivity contribution in [1.29, 1.82) is 0 Å². The van der Waals surface area contributed by atoms with Gasteiger partial charge in [0.1, 0.15) is 5.75 Å². The van der Waals surface area contributed by atoms with Crippen molar-refractivity contribution in [3.8, 4) is 5.75 Å². The average molecular weight is 267 g/mol. The van der Waals surface area contributed by atoms with E-state index in [-0.39, 0.29) is 0 Å². The van der Waals surface area contributed by atoms with E-state index >= 15 is 0 Å². The fourth-order valence-electron chi connectivity index (χ4n) is 3.25. The largest absolute Gasteiger partial charge is 0.497 e. The second kappa shape index (κ2) is 5.68. The third-order valence-corrected chi connectivity index (χ3v) is 4.37. The molecule has 2 aromatic carbocycles. The van der Waals surface area contributed by atoms with E-state index in [0.717, 1.165) is 18.6 Å². The Kier molecular flexibility index (Phi) is 3.75. The molecule has 0 saturated carbocycles. The molecule has 2 atom stereocenters. The third-order valence-electron chi connectivity index (χ3n) is 4.37. The number of methoxy groups -OCH3 is 1. The van der Waals surface area contributed by atoms with Crippen LogP contribution in [-0.2, 0) is 12.8 Å². The molecule has 104 valence electrons. The highest BCUT2D eigenvalue weighted by Crippen LogP contribution is 2.35. The van der Waals surface area contributed by atoms with Gasteiger partial charge in [0.25, 0.3) is 0 Å². The van der Waals surface area contributed by atoms with E-state index in [9.17, 15) is 0 Å². The van der Waals surface area contributed by atoms with Crippen LogP contribution in [0.5, 0.6) is 5.75 Å². The normalized spacial score (nSPS) is 20.7. The first-order chi connectivity index (χ1) is 9.81. The summed E-state index contributed by atoms with van der Waals surface area (Å²) in [5.74, 6) is 1.48. The Morgan fingerprint density at radius 2 is 1.85 bits per heavy atom. The number of hydrogen-bond acceptors (Lipinski definition) is 2. The summed E-state index contributed by atoms with van der Waals surface area (Å²) in [5.41, 5.74) is 4.36. The van der Waals surface area contributed by atoms with E-state index in [0.29, 0.717) is 12.0 Å². The molecule has 0 spiro atoms. The maximum atomic E-state index is 5.23. The topological polar surface area (TPSA) is 21.3 Å². The van der Waals surface area contributed by atoms with E-state index in [2.05, 4.69) is 48.8 Å². The summed E-state index contributed by atoms with van der Waals surface area (Å²) in [6, 6.07) is 17.8. The van der Waals surface area contributed by atoms with Crippen LogP contribution in [0.15, 0.2) is 48.5 Å². The Labute approximate surface area is 120 Å². The van der Waals surface area contributed by atoms with Gasteiger partial charge in [0.2, 0.25) is 0 Å². The van der Waals surface area contributed by atoms with Gasteiger partial charge in [-0.2, -0.15) is 0 Å². The molecule has 0 radical (unpaired) electrons. The molecule has 1 aliphatic carbocycles. The SMILES string of the molecule is CN[C@H]1Cc2ccccc2[C@H]1Cc1ccc(OC)cc1. The molecule has 2 aromatic rings. The van der Waals surface area contributed by atoms with Crippen LogP contribution >= 0.6 is 0 Å². The molecular formula is C18H21NO. The van der Waals surface area contributed by atoms with Crippen LogP contribution < -0.4 is 10.1 Å². The predicted molar refractivity (Wildman–Crippen MR) is 82.4 cm³/mol. The van der Waals surface area contributed by atoms with Crippen molar-refractivity contribution < 1.29 is 4.74 Å². The Hall–Kier alpha value is -1.80. The lowest BCUT2D eigenvalue weighted by molar-refractivity contribution is 0.414. The van der Waals surface area contributed by atoms with Gasteiger partial charge in [0, 0.05) is 12.0 Å². The molecule has 0 unspecified atom stereocenters. The first kappa shape index (κ1) is 13.2. The fourth-order valence-corrected chi connectivity index (χ4v) is 3.25. The summed E-state index contributed by atoms with van der Waals surface area (Å²) in [5, 5.41) is 3.48. The van der Waals surface area contributed by atoms with Gasteiger partial charge in [-0.1, -0.05) is 36.4 Å². The first-order valence-electron chi connectivity index (χ1n) is 7.20. The Bertz CT molecular complexity index is 576. The Morgan fingerprint density at radius 3 is 2.55 bits per heavy atom. The lowest BCUT2D eigenvalue weighted by Crippen LogP contribution is -2.30. The molecule has 0 amide bonds. The molecule has 0 bridgehead atoms. The predicted octanol–water partition coefficient (Wildman–Crippen LogP) is 3.17. The summed E-state index contributed by atoms with van der Waals surface area (Å²) in [4.78, 5) is 0. The third kappa shape index (κ3) is 2.44. The van der Waals surface area contributed by atoms with Gasteiger partial charge in [-0.05, 0) is 48.7 Å². The van der Waals surface area contributed by atoms with Crippen molar-refractivity contribution in [3.63, 3.8) is 0 Å². The second-order valence-electron chi connectivity index (χ2n) is 5.46. The Balaban J connectivity index is 1.84. The summed E-state index contributed by atoms with van der Waals surface area (Å²) >= 11 is 0. The molecule has 0 aromatic heterocycles. The van der Waals surface area contributed by atoms with E-state index in [4.69, 9.17) is 4.74 Å². The van der Waals surface area contributed by atoms with E-state index in [1.54, 1.807) is 7.11 Å². The molecular weight excluding hydrogens is 246 g/mol. The minimum atomic E-state index is 0.537. The van der Waals surface area contributed by atoms with Crippen molar-refractivity contribution in [2.75, 3.05) is 14.2 Å². The summed E-state index contributed by atoms with van der Waals surface area (Å²) in [7, 11) is 3.77. The van der Waals surface area contributed by atoms with Crippen LogP contribution in [-0.4, -0.2) is 20.2 Å². The van der Waals surface area contributed by atoms with Crippen LogP contribution in [0.25, 0.3) is 0 Å². The molecule has 3 rings (SSSR count). The van der Waals surface area contributed by atoms with Crippen LogP contribution in [0.4, 0.5) is 0 Å². The number of nitrogens with one attached hydrogen (secondary N) is 1. The number of ether oxygens (including phenoxy) is 1. The van der Waals surface area contributed by atoms with Crippen LogP contribution in [0, 0.1) is 0 Å². The van der Waals surface area contributed by atoms with E-state index < -0.39 is 0 Å². The number of rotatable bonds is 4. The highest BCUT2D eigenvalue weighted by molar-refractivity contribution is 5.39. The standard InChI is InChI=1S/C18H21NO/c1-19-18-12-14-5-3-4-6-16(14)17(18)11-13-7-9-15(20-2)10-8-13/h3-10,17-19H,11-12H2,1-2H3/t17-,18+/m1/s1. The molecule has 0 heterocycles. The summed E-state index contributed by atoms with van der Waals surface area (Å²) in [6.07, 6.45) is 2.21. The number of benzene rings is 2. The zero-order chi connectivity index (χ0) is 13.9. The lowest BCUT2D eigenvalue weighted by atomic mass is 9.91. The van der Waals surface area contributed by atoms with Gasteiger partial charge in [-0.15, -0.1) is 0 Å². The smallest absolute Gasteiger partial charge is 0.118 e. The maximum Gasteiger partial charge on any atom is 0.118 e. The van der Waals surface area contributed by atoms with Crippen LogP contribution in [0.2, 0.25) is 0 Å². The monoisotopic (exact) mass is 267 g/mol. The number of fused-ring (bicyclic) bond motifs is 1. The van der Waals surface area contributed by atoms with E-state index in [1.807, 2.05) is 12.1 Å². The van der Waals surface area contributed by atoms with Gasteiger partial charge in [0.05, 0.1) is 7.11 Å². The first-order valence-corrected chi connectivity index (χ1v) is 7.20. The molecule has 1 N–H and O–H groups in total. The molecule has 2 heteroatoms. The molecule has 1 aliphatic rings. The van der Waals surface area contributed by atoms with Gasteiger partial charge < -0.3 is 10.1 Å². The lowest BCUT2D eigenvalue weighted by Gasteiger charge is -2.20. The van der Waals surface area contributed by atoms with Crippen molar-refractivity contribution in [3.05, 3.63) is 65.2 Å². The molecule has 0 saturated heterocycles. The van der Waals surface area contributed by atoms with Crippen LogP contribution in [0.3, 0.4) is 0 Å². The maximum absolute atomic E-state index is 5.23. The number of likely N-dealkylation sites (N-methyl/N-ethyl adjacent to an activating group) is 1. The van der Waals surface area contributed by atoms with Gasteiger partial charge in [0.15, 0.2) is 0 Å². The second-order valence-corrected chi connectivity index (χ2v) is 5.46. The minimum Gasteiger partial charge on any atom is -0.497 e. The molecule has 2 nitrogen and oxygen atoms in total. The molecule has 20 heavy (non-hydrogen) atoms. The van der Waals surface area contributed by atoms with Crippen molar-refractivity contribution in [1.82, 2.24) is 5.32 Å². The van der Waals surface area contributed by atoms with Gasteiger partial charge in [-0.25, -0.2) is 0 Å². The fraction of sp³-hybridized carbons (Fsp3) is 0.333. The summed E-state index contributed by atoms with van der Waals surface area (Å²) < 4.78 is 5.23. The highest BCUT2D eigenvalue weighted by atomic mass is 16.5. The van der Waals surface area contributed by atoms with Crippen LogP contribution in [0.1, 0.15) is 22.6 Å². The van der Waals surface area contributed by atoms with E-state index in [1.165, 1.54) is 16.7 Å². The zero-order valence-electron chi connectivity index (χ0n) is 12.1. The molecule has 0 aliphatic heterocycles. The quantitative estimate of drug-likeness (QED) is 0.918. The molecule has 0 fully saturated rings. The number of hydrogen-bond donors (Lipinski definition) is 1. The zero-order valence-corrected chi connectivity index (χ0v) is 12.1. The average Bonchev–Trinajstić information content (AvgIpc) is 2.86. The van der Waals surface area contributed by atoms with Crippen molar-refractivity contribution >= 4 is 0 Å². The van der Waals surface area contributed by atoms with Gasteiger partial charge in [-0.3, -0.25) is 0 Å². The van der Waals surface area contributed by atoms with Gasteiger partial charge >= 0.3 is 0 Å².